The van der Waals surface area contributed by atoms with E-state index in [1.807, 2.05) is 0 Å². The van der Waals surface area contributed by atoms with Crippen molar-refractivity contribution in [2.24, 2.45) is 0 Å². The Bertz CT molecular complexity index is 597. The van der Waals surface area contributed by atoms with Crippen LogP contribution in [0.5, 0.6) is 0 Å². The highest BCUT2D eigenvalue weighted by atomic mass is 16.2. The molecule has 2 aliphatic rings. The van der Waals surface area contributed by atoms with Gasteiger partial charge in [0.25, 0.3) is 23.6 Å². The summed E-state index contributed by atoms with van der Waals surface area (Å²) in [5.74, 6) is -4.58. The van der Waals surface area contributed by atoms with E-state index in [0.29, 0.717) is 22.6 Å². The van der Waals surface area contributed by atoms with Crippen molar-refractivity contribution in [3.05, 3.63) is 24.3 Å². The maximum absolute atomic E-state index is 12.6. The fourth-order valence-corrected chi connectivity index (χ4v) is 2.51. The number of carbonyl (C=O) groups is 6. The number of aldehydes is 1. The molecule has 120 valence electrons. The van der Waals surface area contributed by atoms with E-state index >= 15 is 0 Å². The van der Waals surface area contributed by atoms with Gasteiger partial charge in [-0.05, 0) is 6.42 Å². The molecule has 4 amide bonds. The molecule has 0 aliphatic carbocycles. The van der Waals surface area contributed by atoms with Crippen molar-refractivity contribution in [2.75, 3.05) is 0 Å². The van der Waals surface area contributed by atoms with Crippen LogP contribution in [0.3, 0.4) is 0 Å². The Balaban J connectivity index is 2.58. The SMILES string of the molecule is CCCCC(=O)C(C=O)(N1C(=O)C=CC1=O)N1C(=O)C=CC1=O. The zero-order valence-electron chi connectivity index (χ0n) is 12.4. The molecule has 23 heavy (non-hydrogen) atoms. The third-order valence-electron chi connectivity index (χ3n) is 3.63. The van der Waals surface area contributed by atoms with E-state index in [4.69, 9.17) is 0 Å². The normalized spacial score (nSPS) is 17.6. The molecule has 0 saturated carbocycles. The van der Waals surface area contributed by atoms with Crippen LogP contribution in [0, 0.1) is 0 Å². The van der Waals surface area contributed by atoms with E-state index in [1.165, 1.54) is 0 Å². The van der Waals surface area contributed by atoms with Gasteiger partial charge in [0.05, 0.1) is 0 Å². The summed E-state index contributed by atoms with van der Waals surface area (Å²) in [5, 5.41) is 0. The summed E-state index contributed by atoms with van der Waals surface area (Å²) in [7, 11) is 0. The number of amides is 4. The van der Waals surface area contributed by atoms with E-state index in [0.717, 1.165) is 24.3 Å². The minimum absolute atomic E-state index is 0.0105. The zero-order chi connectivity index (χ0) is 17.2. The molecule has 0 spiro atoms. The molecule has 0 atom stereocenters. The van der Waals surface area contributed by atoms with Gasteiger partial charge in [-0.25, -0.2) is 9.80 Å². The van der Waals surface area contributed by atoms with Crippen molar-refractivity contribution in [3.63, 3.8) is 0 Å². The van der Waals surface area contributed by atoms with Crippen molar-refractivity contribution in [3.8, 4) is 0 Å². The largest absolute Gasteiger partial charge is 0.298 e. The summed E-state index contributed by atoms with van der Waals surface area (Å²) in [4.78, 5) is 73.1. The molecule has 2 rings (SSSR count). The summed E-state index contributed by atoms with van der Waals surface area (Å²) in [6.07, 6.45) is 4.36. The van der Waals surface area contributed by atoms with Crippen LogP contribution in [0.15, 0.2) is 24.3 Å². The van der Waals surface area contributed by atoms with Crippen LogP contribution in [0.25, 0.3) is 0 Å². The van der Waals surface area contributed by atoms with Gasteiger partial charge in [-0.1, -0.05) is 13.3 Å². The van der Waals surface area contributed by atoms with E-state index < -0.39 is 35.1 Å². The first-order valence-electron chi connectivity index (χ1n) is 7.02. The Morgan fingerprint density at radius 1 is 0.957 bits per heavy atom. The second-order valence-electron chi connectivity index (χ2n) is 5.06. The molecular weight excluding hydrogens is 304 g/mol. The van der Waals surface area contributed by atoms with Gasteiger partial charge in [-0.2, -0.15) is 0 Å². The lowest BCUT2D eigenvalue weighted by Crippen LogP contribution is -2.69. The highest BCUT2D eigenvalue weighted by Gasteiger charge is 2.58. The number of imide groups is 2. The summed E-state index contributed by atoms with van der Waals surface area (Å²) >= 11 is 0. The zero-order valence-corrected chi connectivity index (χ0v) is 12.4. The molecule has 0 aromatic carbocycles. The number of Topliss-reactive ketones (excluding diaryl/α,β-unsaturated/α-hetero) is 1. The Hall–Kier alpha value is -2.90. The molecule has 0 saturated heterocycles. The van der Waals surface area contributed by atoms with Crippen LogP contribution in [-0.2, 0) is 28.8 Å². The predicted octanol–water partition coefficient (Wildman–Crippen LogP) is -0.509. The number of nitrogens with zero attached hydrogens (tertiary/aromatic N) is 2. The molecule has 8 nitrogen and oxygen atoms in total. The molecule has 0 radical (unpaired) electrons. The first-order valence-corrected chi connectivity index (χ1v) is 7.02. The third-order valence-corrected chi connectivity index (χ3v) is 3.63. The standard InChI is InChI=1S/C15H14N2O6/c1-2-3-4-10(19)15(9-18,16-11(20)5-6-12(16)21)17-13(22)7-8-14(17)23/h5-9H,2-4H2,1H3. The van der Waals surface area contributed by atoms with Gasteiger partial charge in [-0.3, -0.25) is 28.8 Å². The van der Waals surface area contributed by atoms with Crippen molar-refractivity contribution in [1.29, 1.82) is 0 Å². The van der Waals surface area contributed by atoms with Crippen molar-refractivity contribution in [1.82, 2.24) is 9.80 Å². The highest BCUT2D eigenvalue weighted by molar-refractivity contribution is 6.25. The summed E-state index contributed by atoms with van der Waals surface area (Å²) in [5.41, 5.74) is -2.58. The van der Waals surface area contributed by atoms with Crippen molar-refractivity contribution >= 4 is 35.7 Å². The van der Waals surface area contributed by atoms with E-state index in [-0.39, 0.29) is 12.7 Å². The Morgan fingerprint density at radius 2 is 1.35 bits per heavy atom. The van der Waals surface area contributed by atoms with Crippen LogP contribution in [0.2, 0.25) is 0 Å². The molecule has 0 aromatic rings. The monoisotopic (exact) mass is 318 g/mol. The summed E-state index contributed by atoms with van der Waals surface area (Å²) in [6.45, 7) is 1.80. The van der Waals surface area contributed by atoms with Gasteiger partial charge in [0.15, 0.2) is 12.1 Å². The summed E-state index contributed by atoms with van der Waals surface area (Å²) < 4.78 is 0. The van der Waals surface area contributed by atoms with E-state index in [2.05, 4.69) is 0 Å². The first-order chi connectivity index (χ1) is 10.9. The molecule has 0 N–H and O–H groups in total. The Labute approximate surface area is 131 Å². The molecule has 0 bridgehead atoms. The fourth-order valence-electron chi connectivity index (χ4n) is 2.51. The maximum Gasteiger partial charge on any atom is 0.256 e. The van der Waals surface area contributed by atoms with Crippen LogP contribution in [0.1, 0.15) is 26.2 Å². The van der Waals surface area contributed by atoms with Gasteiger partial charge < -0.3 is 0 Å². The number of unbranched alkanes of at least 4 members (excludes halogenated alkanes) is 1. The van der Waals surface area contributed by atoms with Crippen LogP contribution in [-0.4, -0.2) is 51.2 Å². The second kappa shape index (κ2) is 6.07. The molecular formula is C15H14N2O6. The Morgan fingerprint density at radius 3 is 1.65 bits per heavy atom. The average molecular weight is 318 g/mol. The highest BCUT2D eigenvalue weighted by Crippen LogP contribution is 2.29. The topological polar surface area (TPSA) is 109 Å². The van der Waals surface area contributed by atoms with Gasteiger partial charge in [0.1, 0.15) is 0 Å². The second-order valence-corrected chi connectivity index (χ2v) is 5.06. The van der Waals surface area contributed by atoms with Gasteiger partial charge in [-0.15, -0.1) is 0 Å². The quantitative estimate of drug-likeness (QED) is 0.355. The number of hydrogen-bond donors (Lipinski definition) is 0. The first kappa shape index (κ1) is 16.5. The minimum atomic E-state index is -2.58. The van der Waals surface area contributed by atoms with Crippen LogP contribution >= 0.6 is 0 Å². The number of hydrogen-bond acceptors (Lipinski definition) is 6. The molecule has 0 fully saturated rings. The molecule has 2 heterocycles. The number of ketones is 1. The van der Waals surface area contributed by atoms with E-state index in [9.17, 15) is 28.8 Å². The van der Waals surface area contributed by atoms with Crippen LogP contribution < -0.4 is 0 Å². The number of carbonyl (C=O) groups excluding carboxylic acids is 6. The fraction of sp³-hybridized carbons (Fsp3) is 0.333. The molecule has 8 heteroatoms. The lowest BCUT2D eigenvalue weighted by molar-refractivity contribution is -0.173. The van der Waals surface area contributed by atoms with Crippen LogP contribution in [0.4, 0.5) is 0 Å². The lowest BCUT2D eigenvalue weighted by atomic mass is 9.96. The third kappa shape index (κ3) is 2.41. The van der Waals surface area contributed by atoms with Gasteiger partial charge in [0, 0.05) is 30.7 Å². The minimum Gasteiger partial charge on any atom is -0.298 e. The predicted molar refractivity (Wildman–Crippen MR) is 75.3 cm³/mol. The van der Waals surface area contributed by atoms with Crippen molar-refractivity contribution in [2.45, 2.75) is 31.8 Å². The summed E-state index contributed by atoms with van der Waals surface area (Å²) in [6, 6.07) is 0. The molecule has 0 unspecified atom stereocenters. The number of rotatable bonds is 7. The maximum atomic E-state index is 12.6. The van der Waals surface area contributed by atoms with Gasteiger partial charge >= 0.3 is 0 Å². The van der Waals surface area contributed by atoms with Gasteiger partial charge in [0.2, 0.25) is 5.66 Å². The van der Waals surface area contributed by atoms with Crippen molar-refractivity contribution < 1.29 is 28.8 Å². The molecule has 2 aliphatic heterocycles. The smallest absolute Gasteiger partial charge is 0.256 e. The average Bonchev–Trinajstić information content (AvgIpc) is 3.04. The Kier molecular flexibility index (Phi) is 4.35. The molecule has 0 aromatic heterocycles. The lowest BCUT2D eigenvalue weighted by Gasteiger charge is -2.39. The van der Waals surface area contributed by atoms with E-state index in [1.54, 1.807) is 6.92 Å².